The maximum Gasteiger partial charge on any atom is 0.255 e. The molecule has 0 atom stereocenters. The van der Waals surface area contributed by atoms with Gasteiger partial charge in [0.1, 0.15) is 11.5 Å². The molecule has 2 heterocycles. The van der Waals surface area contributed by atoms with E-state index in [-0.39, 0.29) is 11.3 Å². The highest BCUT2D eigenvalue weighted by atomic mass is 16.3. The Bertz CT molecular complexity index is 858. The number of nitrogens with one attached hydrogen (secondary N) is 2. The zero-order valence-electron chi connectivity index (χ0n) is 14.8. The number of hydrogen-bond donors (Lipinski definition) is 2. The standard InChI is InChI=1S/C18H21N5O2/c1-11-14(9-15(25-11)18(2,3)4)17(24)19-10-12-5-7-13(8-6-12)16-20-22-23-21-16/h5-9H,10H2,1-4H3,(H,19,24)(H,20,21,22,23). The number of carbonyl (C=O) groups excluding carboxylic acids is 1. The number of tetrazole rings is 1. The summed E-state index contributed by atoms with van der Waals surface area (Å²) in [6.07, 6.45) is 0. The molecule has 0 aliphatic heterocycles. The van der Waals surface area contributed by atoms with Crippen molar-refractivity contribution in [2.75, 3.05) is 0 Å². The number of furan rings is 1. The Kier molecular flexibility index (Phi) is 4.39. The van der Waals surface area contributed by atoms with Crippen molar-refractivity contribution in [2.45, 2.75) is 39.7 Å². The number of aryl methyl sites for hydroxylation is 1. The summed E-state index contributed by atoms with van der Waals surface area (Å²) in [4.78, 5) is 12.4. The number of hydrogen-bond acceptors (Lipinski definition) is 5. The van der Waals surface area contributed by atoms with Crippen molar-refractivity contribution in [1.29, 1.82) is 0 Å². The van der Waals surface area contributed by atoms with Crippen molar-refractivity contribution in [3.05, 3.63) is 53.0 Å². The van der Waals surface area contributed by atoms with Gasteiger partial charge in [-0.25, -0.2) is 0 Å². The first-order valence-electron chi connectivity index (χ1n) is 8.06. The second kappa shape index (κ2) is 6.51. The van der Waals surface area contributed by atoms with Crippen LogP contribution in [0.4, 0.5) is 0 Å². The number of carbonyl (C=O) groups is 1. The Labute approximate surface area is 145 Å². The molecule has 7 heteroatoms. The third kappa shape index (κ3) is 3.76. The topological polar surface area (TPSA) is 96.7 Å². The van der Waals surface area contributed by atoms with Gasteiger partial charge in [0.2, 0.25) is 5.82 Å². The Morgan fingerprint density at radius 3 is 2.52 bits per heavy atom. The number of rotatable bonds is 4. The van der Waals surface area contributed by atoms with Crippen molar-refractivity contribution < 1.29 is 9.21 Å². The van der Waals surface area contributed by atoms with Crippen molar-refractivity contribution in [1.82, 2.24) is 25.9 Å². The van der Waals surface area contributed by atoms with Crippen LogP contribution in [-0.2, 0) is 12.0 Å². The zero-order valence-corrected chi connectivity index (χ0v) is 14.8. The number of aromatic amines is 1. The summed E-state index contributed by atoms with van der Waals surface area (Å²) in [7, 11) is 0. The summed E-state index contributed by atoms with van der Waals surface area (Å²) >= 11 is 0. The van der Waals surface area contributed by atoms with Crippen molar-refractivity contribution in [3.8, 4) is 11.4 Å². The van der Waals surface area contributed by atoms with E-state index in [9.17, 15) is 4.79 Å². The molecule has 1 aromatic carbocycles. The number of aromatic nitrogens is 4. The van der Waals surface area contributed by atoms with E-state index in [1.165, 1.54) is 0 Å². The minimum atomic E-state index is -0.140. The lowest BCUT2D eigenvalue weighted by Gasteiger charge is -2.13. The molecule has 3 aromatic rings. The maximum absolute atomic E-state index is 12.4. The van der Waals surface area contributed by atoms with Crippen molar-refractivity contribution in [3.63, 3.8) is 0 Å². The van der Waals surface area contributed by atoms with Gasteiger partial charge < -0.3 is 9.73 Å². The third-order valence-electron chi connectivity index (χ3n) is 3.91. The summed E-state index contributed by atoms with van der Waals surface area (Å²) in [6, 6.07) is 9.47. The molecule has 1 amide bonds. The van der Waals surface area contributed by atoms with Gasteiger partial charge in [0, 0.05) is 17.5 Å². The summed E-state index contributed by atoms with van der Waals surface area (Å²) in [5.74, 6) is 1.84. The highest BCUT2D eigenvalue weighted by Gasteiger charge is 2.22. The number of benzene rings is 1. The van der Waals surface area contributed by atoms with Crippen LogP contribution >= 0.6 is 0 Å². The first-order valence-corrected chi connectivity index (χ1v) is 8.06. The maximum atomic E-state index is 12.4. The monoisotopic (exact) mass is 339 g/mol. The molecule has 0 aliphatic rings. The van der Waals surface area contributed by atoms with Gasteiger partial charge in [0.15, 0.2) is 0 Å². The number of amides is 1. The zero-order chi connectivity index (χ0) is 18.0. The van der Waals surface area contributed by atoms with Crippen LogP contribution in [0.25, 0.3) is 11.4 Å². The van der Waals surface area contributed by atoms with Gasteiger partial charge in [-0.05, 0) is 23.8 Å². The van der Waals surface area contributed by atoms with Crippen LogP contribution in [0.2, 0.25) is 0 Å². The van der Waals surface area contributed by atoms with E-state index in [1.54, 1.807) is 0 Å². The van der Waals surface area contributed by atoms with E-state index >= 15 is 0 Å². The first-order chi connectivity index (χ1) is 11.8. The van der Waals surface area contributed by atoms with Gasteiger partial charge in [0.05, 0.1) is 5.56 Å². The molecule has 0 spiro atoms. The van der Waals surface area contributed by atoms with Crippen LogP contribution in [0.5, 0.6) is 0 Å². The molecule has 0 saturated carbocycles. The van der Waals surface area contributed by atoms with Crippen LogP contribution in [0, 0.1) is 6.92 Å². The summed E-state index contributed by atoms with van der Waals surface area (Å²) in [6.45, 7) is 8.40. The van der Waals surface area contributed by atoms with Crippen LogP contribution in [0.3, 0.4) is 0 Å². The average molecular weight is 339 g/mol. The lowest BCUT2D eigenvalue weighted by Crippen LogP contribution is -2.23. The highest BCUT2D eigenvalue weighted by molar-refractivity contribution is 5.95. The van der Waals surface area contributed by atoms with E-state index < -0.39 is 0 Å². The molecular weight excluding hydrogens is 318 g/mol. The van der Waals surface area contributed by atoms with E-state index in [0.29, 0.717) is 23.7 Å². The Morgan fingerprint density at radius 2 is 1.96 bits per heavy atom. The number of H-pyrrole nitrogens is 1. The minimum absolute atomic E-state index is 0.131. The normalized spacial score (nSPS) is 11.5. The highest BCUT2D eigenvalue weighted by Crippen LogP contribution is 2.27. The number of nitrogens with zero attached hydrogens (tertiary/aromatic N) is 3. The fraction of sp³-hybridized carbons (Fsp3) is 0.333. The SMILES string of the molecule is Cc1oc(C(C)(C)C)cc1C(=O)NCc1ccc(-c2nn[nH]n2)cc1. The second-order valence-corrected chi connectivity index (χ2v) is 6.95. The van der Waals surface area contributed by atoms with E-state index in [0.717, 1.165) is 16.9 Å². The van der Waals surface area contributed by atoms with Gasteiger partial charge in [-0.15, -0.1) is 10.2 Å². The molecule has 0 unspecified atom stereocenters. The minimum Gasteiger partial charge on any atom is -0.465 e. The van der Waals surface area contributed by atoms with Crippen LogP contribution < -0.4 is 5.32 Å². The summed E-state index contributed by atoms with van der Waals surface area (Å²) in [5, 5.41) is 16.8. The van der Waals surface area contributed by atoms with E-state index in [1.807, 2.05) is 37.3 Å². The van der Waals surface area contributed by atoms with Crippen molar-refractivity contribution in [2.24, 2.45) is 0 Å². The summed E-state index contributed by atoms with van der Waals surface area (Å²) < 4.78 is 5.73. The van der Waals surface area contributed by atoms with Crippen LogP contribution in [0.1, 0.15) is 48.2 Å². The lowest BCUT2D eigenvalue weighted by atomic mass is 9.93. The Balaban J connectivity index is 1.65. The fourth-order valence-corrected chi connectivity index (χ4v) is 2.41. The molecule has 2 N–H and O–H groups in total. The molecule has 0 fully saturated rings. The molecule has 0 aliphatic carbocycles. The quantitative estimate of drug-likeness (QED) is 0.761. The van der Waals surface area contributed by atoms with Crippen molar-refractivity contribution >= 4 is 5.91 Å². The van der Waals surface area contributed by atoms with Crippen LogP contribution in [-0.4, -0.2) is 26.5 Å². The summed E-state index contributed by atoms with van der Waals surface area (Å²) in [5.41, 5.74) is 2.30. The van der Waals surface area contributed by atoms with Crippen LogP contribution in [0.15, 0.2) is 34.7 Å². The second-order valence-electron chi connectivity index (χ2n) is 6.95. The molecule has 0 saturated heterocycles. The van der Waals surface area contributed by atoms with Gasteiger partial charge in [-0.2, -0.15) is 5.21 Å². The average Bonchev–Trinajstić information content (AvgIpc) is 3.22. The predicted octanol–water partition coefficient (Wildman–Crippen LogP) is 3.00. The molecular formula is C18H21N5O2. The lowest BCUT2D eigenvalue weighted by molar-refractivity contribution is 0.0949. The van der Waals surface area contributed by atoms with E-state index in [2.05, 4.69) is 46.7 Å². The van der Waals surface area contributed by atoms with Gasteiger partial charge >= 0.3 is 0 Å². The predicted molar refractivity (Wildman–Crippen MR) is 92.9 cm³/mol. The smallest absolute Gasteiger partial charge is 0.255 e. The molecule has 0 radical (unpaired) electrons. The first kappa shape index (κ1) is 16.9. The van der Waals surface area contributed by atoms with Gasteiger partial charge in [-0.3, -0.25) is 4.79 Å². The molecule has 2 aromatic heterocycles. The molecule has 3 rings (SSSR count). The van der Waals surface area contributed by atoms with E-state index in [4.69, 9.17) is 4.42 Å². The molecule has 0 bridgehead atoms. The Morgan fingerprint density at radius 1 is 1.24 bits per heavy atom. The Hall–Kier alpha value is -2.96. The van der Waals surface area contributed by atoms with Gasteiger partial charge in [0.25, 0.3) is 5.91 Å². The molecule has 130 valence electrons. The molecule has 25 heavy (non-hydrogen) atoms. The third-order valence-corrected chi connectivity index (χ3v) is 3.91. The largest absolute Gasteiger partial charge is 0.465 e. The fourth-order valence-electron chi connectivity index (χ4n) is 2.41. The molecule has 7 nitrogen and oxygen atoms in total. The van der Waals surface area contributed by atoms with Gasteiger partial charge in [-0.1, -0.05) is 45.0 Å².